The zero-order chi connectivity index (χ0) is 20.7. The van der Waals surface area contributed by atoms with E-state index in [0.717, 1.165) is 37.4 Å². The van der Waals surface area contributed by atoms with E-state index < -0.39 is 5.82 Å². The molecule has 4 heterocycles. The van der Waals surface area contributed by atoms with Crippen LogP contribution in [0.15, 0.2) is 34.9 Å². The van der Waals surface area contributed by atoms with E-state index in [1.165, 1.54) is 11.6 Å². The quantitative estimate of drug-likeness (QED) is 0.677. The monoisotopic (exact) mass is 409 g/mol. The van der Waals surface area contributed by atoms with E-state index in [1.54, 1.807) is 6.20 Å². The van der Waals surface area contributed by atoms with Gasteiger partial charge in [0.15, 0.2) is 17.3 Å². The van der Waals surface area contributed by atoms with Gasteiger partial charge in [0.1, 0.15) is 12.4 Å². The van der Waals surface area contributed by atoms with Crippen molar-refractivity contribution < 1.29 is 13.5 Å². The number of oxazole rings is 1. The third kappa shape index (κ3) is 3.47. The number of pyridine rings is 1. The lowest BCUT2D eigenvalue weighted by Crippen LogP contribution is -2.38. The summed E-state index contributed by atoms with van der Waals surface area (Å²) in [5, 5.41) is 6.44. The van der Waals surface area contributed by atoms with E-state index in [1.807, 2.05) is 12.1 Å². The predicted molar refractivity (Wildman–Crippen MR) is 113 cm³/mol. The molecule has 156 valence electrons. The van der Waals surface area contributed by atoms with Gasteiger partial charge in [0, 0.05) is 36.8 Å². The van der Waals surface area contributed by atoms with Gasteiger partial charge >= 0.3 is 6.01 Å². The summed E-state index contributed by atoms with van der Waals surface area (Å²) in [7, 11) is 0. The van der Waals surface area contributed by atoms with Crippen LogP contribution in [0.2, 0.25) is 0 Å². The van der Waals surface area contributed by atoms with Crippen LogP contribution < -0.4 is 20.3 Å². The summed E-state index contributed by atoms with van der Waals surface area (Å²) in [5.74, 6) is 1.06. The van der Waals surface area contributed by atoms with E-state index in [0.29, 0.717) is 35.5 Å². The number of hydrogen-bond donors (Lipinski definition) is 2. The van der Waals surface area contributed by atoms with Crippen LogP contribution in [0.1, 0.15) is 25.1 Å². The molecule has 30 heavy (non-hydrogen) atoms. The number of aromatic nitrogens is 2. The molecular weight excluding hydrogens is 385 g/mol. The number of nitrogens with one attached hydrogen (secondary N) is 2. The van der Waals surface area contributed by atoms with E-state index >= 15 is 0 Å². The molecule has 0 aliphatic carbocycles. The normalized spacial score (nSPS) is 15.5. The van der Waals surface area contributed by atoms with Crippen LogP contribution >= 0.6 is 0 Å². The summed E-state index contributed by atoms with van der Waals surface area (Å²) < 4.78 is 26.1. The van der Waals surface area contributed by atoms with Crippen LogP contribution in [0, 0.1) is 5.82 Å². The van der Waals surface area contributed by atoms with Crippen molar-refractivity contribution in [3.8, 4) is 17.1 Å². The van der Waals surface area contributed by atoms with Crippen molar-refractivity contribution in [2.75, 3.05) is 29.9 Å². The summed E-state index contributed by atoms with van der Waals surface area (Å²) in [4.78, 5) is 11.1. The first-order chi connectivity index (χ1) is 14.6. The first-order valence-corrected chi connectivity index (χ1v) is 10.2. The van der Waals surface area contributed by atoms with Gasteiger partial charge in [-0.15, -0.1) is 0 Å². The Bertz CT molecular complexity index is 1080. The zero-order valence-corrected chi connectivity index (χ0v) is 17.0. The standard InChI is InChI=1S/C22H24FN5O2/c1-13(2)28-7-8-29-21-16(23)9-15(10-18(21)28)19-12-25-22(30-19)27-20-4-3-14-11-24-6-5-17(14)26-20/h3-4,9-10,12-13,24H,5-8,11H2,1-2H3,(H,25,26,27). The molecule has 0 saturated carbocycles. The molecule has 8 heteroatoms. The van der Waals surface area contributed by atoms with Crippen molar-refractivity contribution in [3.05, 3.63) is 47.5 Å². The second-order valence-electron chi connectivity index (χ2n) is 7.83. The third-order valence-electron chi connectivity index (χ3n) is 5.48. The lowest BCUT2D eigenvalue weighted by Gasteiger charge is -2.34. The summed E-state index contributed by atoms with van der Waals surface area (Å²) in [5.41, 5.74) is 3.65. The average Bonchev–Trinajstić information content (AvgIpc) is 3.21. The average molecular weight is 409 g/mol. The van der Waals surface area contributed by atoms with Crippen LogP contribution in [0.5, 0.6) is 5.75 Å². The Labute approximate surface area is 174 Å². The van der Waals surface area contributed by atoms with Gasteiger partial charge in [-0.2, -0.15) is 0 Å². The largest absolute Gasteiger partial charge is 0.486 e. The first kappa shape index (κ1) is 18.9. The maximum Gasteiger partial charge on any atom is 0.300 e. The van der Waals surface area contributed by atoms with Gasteiger partial charge in [-0.3, -0.25) is 5.32 Å². The van der Waals surface area contributed by atoms with Gasteiger partial charge in [0.05, 0.1) is 18.4 Å². The molecular formula is C22H24FN5O2. The molecule has 7 nitrogen and oxygen atoms in total. The molecule has 2 aromatic heterocycles. The van der Waals surface area contributed by atoms with Gasteiger partial charge in [0.25, 0.3) is 0 Å². The van der Waals surface area contributed by atoms with Crippen molar-refractivity contribution >= 4 is 17.5 Å². The van der Waals surface area contributed by atoms with Gasteiger partial charge in [-0.1, -0.05) is 6.07 Å². The maximum absolute atomic E-state index is 14.7. The highest BCUT2D eigenvalue weighted by molar-refractivity contribution is 5.71. The maximum atomic E-state index is 14.7. The summed E-state index contributed by atoms with van der Waals surface area (Å²) in [6, 6.07) is 7.84. The van der Waals surface area contributed by atoms with Gasteiger partial charge < -0.3 is 19.4 Å². The summed E-state index contributed by atoms with van der Waals surface area (Å²) in [6.45, 7) is 7.12. The van der Waals surface area contributed by atoms with Crippen LogP contribution in [0.25, 0.3) is 11.3 Å². The van der Waals surface area contributed by atoms with Crippen LogP contribution in [-0.4, -0.2) is 35.7 Å². The Kier molecular flexibility index (Phi) is 4.78. The number of ether oxygens (including phenoxy) is 1. The molecule has 0 fully saturated rings. The molecule has 2 aliphatic rings. The van der Waals surface area contributed by atoms with Gasteiger partial charge in [0.2, 0.25) is 0 Å². The third-order valence-corrected chi connectivity index (χ3v) is 5.48. The Morgan fingerprint density at radius 1 is 1.27 bits per heavy atom. The molecule has 0 saturated heterocycles. The van der Waals surface area contributed by atoms with Crippen LogP contribution in [0.4, 0.5) is 21.9 Å². The minimum Gasteiger partial charge on any atom is -0.486 e. The highest BCUT2D eigenvalue weighted by Gasteiger charge is 2.25. The van der Waals surface area contributed by atoms with Crippen molar-refractivity contribution in [2.45, 2.75) is 32.9 Å². The first-order valence-electron chi connectivity index (χ1n) is 10.2. The highest BCUT2D eigenvalue weighted by Crippen LogP contribution is 2.39. The fourth-order valence-corrected chi connectivity index (χ4v) is 3.96. The molecule has 5 rings (SSSR count). The van der Waals surface area contributed by atoms with Gasteiger partial charge in [-0.25, -0.2) is 14.4 Å². The fourth-order valence-electron chi connectivity index (χ4n) is 3.96. The molecule has 0 spiro atoms. The topological polar surface area (TPSA) is 75.5 Å². The molecule has 0 unspecified atom stereocenters. The zero-order valence-electron chi connectivity index (χ0n) is 17.0. The molecule has 3 aromatic rings. The van der Waals surface area contributed by atoms with E-state index in [2.05, 4.69) is 45.4 Å². The molecule has 2 N–H and O–H groups in total. The minimum absolute atomic E-state index is 0.236. The van der Waals surface area contributed by atoms with Crippen LogP contribution in [-0.2, 0) is 13.0 Å². The van der Waals surface area contributed by atoms with Crippen molar-refractivity contribution in [1.29, 1.82) is 0 Å². The van der Waals surface area contributed by atoms with Crippen LogP contribution in [0.3, 0.4) is 0 Å². The number of anilines is 3. The number of fused-ring (bicyclic) bond motifs is 2. The predicted octanol–water partition coefficient (Wildman–Crippen LogP) is 3.87. The summed E-state index contributed by atoms with van der Waals surface area (Å²) >= 11 is 0. The number of nitrogens with zero attached hydrogens (tertiary/aromatic N) is 3. The minimum atomic E-state index is -0.399. The lowest BCUT2D eigenvalue weighted by atomic mass is 10.1. The highest BCUT2D eigenvalue weighted by atomic mass is 19.1. The van der Waals surface area contributed by atoms with Crippen molar-refractivity contribution in [3.63, 3.8) is 0 Å². The molecule has 0 atom stereocenters. The number of hydrogen-bond acceptors (Lipinski definition) is 7. The lowest BCUT2D eigenvalue weighted by molar-refractivity contribution is 0.287. The molecule has 2 aliphatic heterocycles. The van der Waals surface area contributed by atoms with Crippen molar-refractivity contribution in [1.82, 2.24) is 15.3 Å². The molecule has 1 aromatic carbocycles. The SMILES string of the molecule is CC(C)N1CCOc2c(F)cc(-c3cnc(Nc4ccc5c(n4)CCNC5)o3)cc21. The smallest absolute Gasteiger partial charge is 0.300 e. The van der Waals surface area contributed by atoms with Gasteiger partial charge in [-0.05, 0) is 37.6 Å². The number of benzene rings is 1. The second-order valence-corrected chi connectivity index (χ2v) is 7.83. The fraction of sp³-hybridized carbons (Fsp3) is 0.364. The Hall–Kier alpha value is -3.13. The molecule has 0 radical (unpaired) electrons. The number of halogens is 1. The van der Waals surface area contributed by atoms with E-state index in [9.17, 15) is 4.39 Å². The van der Waals surface area contributed by atoms with E-state index in [4.69, 9.17) is 9.15 Å². The number of rotatable bonds is 4. The van der Waals surface area contributed by atoms with E-state index in [-0.39, 0.29) is 6.04 Å². The Balaban J connectivity index is 1.42. The van der Waals surface area contributed by atoms with Crippen molar-refractivity contribution in [2.24, 2.45) is 0 Å². The Morgan fingerprint density at radius 3 is 3.03 bits per heavy atom. The Morgan fingerprint density at radius 2 is 2.17 bits per heavy atom. The second kappa shape index (κ2) is 7.60. The molecule has 0 amide bonds. The molecule has 0 bridgehead atoms. The summed E-state index contributed by atoms with van der Waals surface area (Å²) in [6.07, 6.45) is 2.49.